The van der Waals surface area contributed by atoms with E-state index in [0.717, 1.165) is 12.1 Å². The van der Waals surface area contributed by atoms with Gasteiger partial charge in [-0.15, -0.1) is 11.3 Å². The van der Waals surface area contributed by atoms with Gasteiger partial charge in [-0.2, -0.15) is 0 Å². The molecule has 0 amide bonds. The van der Waals surface area contributed by atoms with E-state index in [1.54, 1.807) is 30.4 Å². The fraction of sp³-hybridized carbons (Fsp3) is 0.412. The smallest absolute Gasteiger partial charge is 0.167 e. The van der Waals surface area contributed by atoms with Crippen LogP contribution in [0.15, 0.2) is 24.3 Å². The number of aryl methyl sites for hydroxylation is 2. The Morgan fingerprint density at radius 2 is 2.05 bits per heavy atom. The molecule has 0 spiro atoms. The summed E-state index contributed by atoms with van der Waals surface area (Å²) in [5, 5.41) is 3.40. The molecular formula is C17H22FNOS. The Balaban J connectivity index is 2.01. The van der Waals surface area contributed by atoms with E-state index in [4.69, 9.17) is 4.74 Å². The monoisotopic (exact) mass is 307 g/mol. The fourth-order valence-corrected chi connectivity index (χ4v) is 3.01. The molecule has 0 aliphatic carbocycles. The molecule has 0 saturated carbocycles. The molecule has 1 heterocycles. The van der Waals surface area contributed by atoms with Gasteiger partial charge in [0.05, 0.1) is 0 Å². The number of hydrogen-bond donors (Lipinski definition) is 1. The number of nitrogens with one attached hydrogen (secondary N) is 1. The van der Waals surface area contributed by atoms with Gasteiger partial charge in [0.1, 0.15) is 6.61 Å². The van der Waals surface area contributed by atoms with Crippen LogP contribution in [0.25, 0.3) is 0 Å². The second-order valence-electron chi connectivity index (χ2n) is 5.51. The topological polar surface area (TPSA) is 21.3 Å². The fourth-order valence-electron chi connectivity index (χ4n) is 2.01. The molecule has 2 nitrogen and oxygen atoms in total. The lowest BCUT2D eigenvalue weighted by atomic mass is 10.2. The molecule has 114 valence electrons. The Kier molecular flexibility index (Phi) is 5.37. The highest BCUT2D eigenvalue weighted by Crippen LogP contribution is 2.25. The second kappa shape index (κ2) is 7.05. The van der Waals surface area contributed by atoms with Gasteiger partial charge in [-0.3, -0.25) is 0 Å². The van der Waals surface area contributed by atoms with Gasteiger partial charge in [0.15, 0.2) is 11.6 Å². The summed E-state index contributed by atoms with van der Waals surface area (Å²) in [5.41, 5.74) is 1.73. The summed E-state index contributed by atoms with van der Waals surface area (Å²) in [6, 6.07) is 7.84. The van der Waals surface area contributed by atoms with Crippen molar-refractivity contribution < 1.29 is 9.13 Å². The van der Waals surface area contributed by atoms with Crippen LogP contribution in [0.5, 0.6) is 5.75 Å². The Hall–Kier alpha value is -1.39. The van der Waals surface area contributed by atoms with E-state index in [1.807, 2.05) is 6.07 Å². The zero-order chi connectivity index (χ0) is 15.4. The van der Waals surface area contributed by atoms with E-state index in [-0.39, 0.29) is 5.82 Å². The van der Waals surface area contributed by atoms with Crippen LogP contribution in [0.3, 0.4) is 0 Å². The SMILES string of the molecule is Cc1cccc(OCc2cc(CNC(C)C)sc2C)c1F. The molecule has 1 aromatic heterocycles. The zero-order valence-corrected chi connectivity index (χ0v) is 13.8. The predicted octanol–water partition coefficient (Wildman–Crippen LogP) is 4.58. The van der Waals surface area contributed by atoms with Crippen molar-refractivity contribution in [3.8, 4) is 5.75 Å². The van der Waals surface area contributed by atoms with Gasteiger partial charge in [-0.25, -0.2) is 4.39 Å². The van der Waals surface area contributed by atoms with Crippen molar-refractivity contribution in [2.75, 3.05) is 0 Å². The first kappa shape index (κ1) is 16.0. The van der Waals surface area contributed by atoms with E-state index in [0.29, 0.717) is 24.0 Å². The van der Waals surface area contributed by atoms with Crippen LogP contribution in [-0.2, 0) is 13.2 Å². The number of benzene rings is 1. The van der Waals surface area contributed by atoms with Gasteiger partial charge >= 0.3 is 0 Å². The number of ether oxygens (including phenoxy) is 1. The average Bonchev–Trinajstić information content (AvgIpc) is 2.79. The molecule has 0 atom stereocenters. The minimum atomic E-state index is -0.271. The van der Waals surface area contributed by atoms with Crippen molar-refractivity contribution in [3.05, 3.63) is 51.0 Å². The molecular weight excluding hydrogens is 285 g/mol. The molecule has 0 fully saturated rings. The van der Waals surface area contributed by atoms with Crippen LogP contribution in [0, 0.1) is 19.7 Å². The first-order chi connectivity index (χ1) is 9.97. The molecule has 2 rings (SSSR count). The van der Waals surface area contributed by atoms with Crippen molar-refractivity contribution in [2.45, 2.75) is 46.9 Å². The van der Waals surface area contributed by atoms with Crippen LogP contribution in [0.4, 0.5) is 4.39 Å². The molecule has 0 saturated heterocycles. The average molecular weight is 307 g/mol. The Labute approximate surface area is 130 Å². The lowest BCUT2D eigenvalue weighted by molar-refractivity contribution is 0.289. The highest BCUT2D eigenvalue weighted by Gasteiger charge is 2.09. The highest BCUT2D eigenvalue weighted by molar-refractivity contribution is 7.12. The Morgan fingerprint density at radius 3 is 2.76 bits per heavy atom. The molecule has 0 aliphatic heterocycles. The first-order valence-electron chi connectivity index (χ1n) is 7.17. The van der Waals surface area contributed by atoms with Gasteiger partial charge in [0.25, 0.3) is 0 Å². The molecule has 21 heavy (non-hydrogen) atoms. The van der Waals surface area contributed by atoms with Crippen molar-refractivity contribution in [1.82, 2.24) is 5.32 Å². The lowest BCUT2D eigenvalue weighted by Crippen LogP contribution is -2.21. The van der Waals surface area contributed by atoms with Crippen molar-refractivity contribution in [1.29, 1.82) is 0 Å². The first-order valence-corrected chi connectivity index (χ1v) is 7.98. The summed E-state index contributed by atoms with van der Waals surface area (Å²) in [6.07, 6.45) is 0. The number of rotatable bonds is 6. The van der Waals surface area contributed by atoms with E-state index in [1.165, 1.54) is 9.75 Å². The molecule has 0 unspecified atom stereocenters. The van der Waals surface area contributed by atoms with Crippen LogP contribution >= 0.6 is 11.3 Å². The minimum absolute atomic E-state index is 0.271. The van der Waals surface area contributed by atoms with E-state index in [2.05, 4.69) is 32.2 Å². The summed E-state index contributed by atoms with van der Waals surface area (Å²) < 4.78 is 19.5. The number of hydrogen-bond acceptors (Lipinski definition) is 3. The maximum absolute atomic E-state index is 13.9. The molecule has 0 aliphatic rings. The largest absolute Gasteiger partial charge is 0.486 e. The van der Waals surface area contributed by atoms with Gasteiger partial charge in [0, 0.05) is 27.9 Å². The molecule has 1 N–H and O–H groups in total. The number of halogens is 1. The minimum Gasteiger partial charge on any atom is -0.486 e. The molecule has 2 aromatic rings. The van der Waals surface area contributed by atoms with Crippen molar-refractivity contribution >= 4 is 11.3 Å². The predicted molar refractivity (Wildman–Crippen MR) is 86.5 cm³/mol. The van der Waals surface area contributed by atoms with Crippen molar-refractivity contribution in [3.63, 3.8) is 0 Å². The lowest BCUT2D eigenvalue weighted by Gasteiger charge is -2.08. The zero-order valence-electron chi connectivity index (χ0n) is 13.0. The van der Waals surface area contributed by atoms with Gasteiger partial charge in [0.2, 0.25) is 0 Å². The molecule has 4 heteroatoms. The van der Waals surface area contributed by atoms with E-state index >= 15 is 0 Å². The third kappa shape index (κ3) is 4.29. The van der Waals surface area contributed by atoms with Gasteiger partial charge < -0.3 is 10.1 Å². The van der Waals surface area contributed by atoms with Crippen LogP contribution in [-0.4, -0.2) is 6.04 Å². The summed E-state index contributed by atoms with van der Waals surface area (Å²) >= 11 is 1.76. The van der Waals surface area contributed by atoms with E-state index in [9.17, 15) is 4.39 Å². The third-order valence-corrected chi connectivity index (χ3v) is 4.39. The molecule has 0 radical (unpaired) electrons. The van der Waals surface area contributed by atoms with Gasteiger partial charge in [-0.1, -0.05) is 26.0 Å². The maximum Gasteiger partial charge on any atom is 0.167 e. The van der Waals surface area contributed by atoms with Crippen LogP contribution in [0.2, 0.25) is 0 Å². The number of thiophene rings is 1. The standard InChI is InChI=1S/C17H22FNOS/c1-11(2)19-9-15-8-14(13(4)21-15)10-20-16-7-5-6-12(3)17(16)18/h5-8,11,19H,9-10H2,1-4H3. The normalized spacial score (nSPS) is 11.1. The van der Waals surface area contributed by atoms with E-state index < -0.39 is 0 Å². The van der Waals surface area contributed by atoms with Gasteiger partial charge in [-0.05, 0) is 31.5 Å². The second-order valence-corrected chi connectivity index (χ2v) is 6.85. The van der Waals surface area contributed by atoms with Crippen LogP contribution < -0.4 is 10.1 Å². The quantitative estimate of drug-likeness (QED) is 0.843. The van der Waals surface area contributed by atoms with Crippen LogP contribution in [0.1, 0.15) is 34.7 Å². The maximum atomic E-state index is 13.9. The summed E-state index contributed by atoms with van der Waals surface area (Å²) in [4.78, 5) is 2.51. The van der Waals surface area contributed by atoms with Crippen molar-refractivity contribution in [2.24, 2.45) is 0 Å². The summed E-state index contributed by atoms with van der Waals surface area (Å²) in [5.74, 6) is 0.0505. The molecule has 1 aromatic carbocycles. The Bertz CT molecular complexity index is 607. The molecule has 0 bridgehead atoms. The third-order valence-electron chi connectivity index (χ3n) is 3.30. The summed E-state index contributed by atoms with van der Waals surface area (Å²) in [6.45, 7) is 9.35. The Morgan fingerprint density at radius 1 is 1.29 bits per heavy atom. The highest BCUT2D eigenvalue weighted by atomic mass is 32.1. The summed E-state index contributed by atoms with van der Waals surface area (Å²) in [7, 11) is 0.